The summed E-state index contributed by atoms with van der Waals surface area (Å²) in [6.45, 7) is 0.555. The van der Waals surface area contributed by atoms with Gasteiger partial charge in [0.05, 0.1) is 6.54 Å². The van der Waals surface area contributed by atoms with Gasteiger partial charge in [0.1, 0.15) is 0 Å². The van der Waals surface area contributed by atoms with Crippen LogP contribution in [-0.4, -0.2) is 5.91 Å². The SMILES string of the molecule is Nc1cc(Br)cc(CN2C(=O)CCc3ccccc32)c1. The smallest absolute Gasteiger partial charge is 0.227 e. The van der Waals surface area contributed by atoms with E-state index in [2.05, 4.69) is 22.0 Å². The lowest BCUT2D eigenvalue weighted by Crippen LogP contribution is -2.34. The molecular weight excluding hydrogens is 316 g/mol. The second kappa shape index (κ2) is 5.29. The number of anilines is 2. The maximum absolute atomic E-state index is 12.2. The van der Waals surface area contributed by atoms with Crippen molar-refractivity contribution in [1.29, 1.82) is 0 Å². The van der Waals surface area contributed by atoms with Gasteiger partial charge >= 0.3 is 0 Å². The molecule has 0 saturated heterocycles. The van der Waals surface area contributed by atoms with Gasteiger partial charge in [-0.15, -0.1) is 0 Å². The normalized spacial score (nSPS) is 14.2. The summed E-state index contributed by atoms with van der Waals surface area (Å²) in [7, 11) is 0. The molecule has 2 N–H and O–H groups in total. The van der Waals surface area contributed by atoms with E-state index < -0.39 is 0 Å². The number of hydrogen-bond donors (Lipinski definition) is 1. The molecule has 102 valence electrons. The Kier molecular flexibility index (Phi) is 3.49. The first-order valence-corrected chi connectivity index (χ1v) is 7.36. The summed E-state index contributed by atoms with van der Waals surface area (Å²) < 4.78 is 0.935. The quantitative estimate of drug-likeness (QED) is 0.856. The van der Waals surface area contributed by atoms with Gasteiger partial charge in [0.2, 0.25) is 5.91 Å². The average Bonchev–Trinajstić information content (AvgIpc) is 2.41. The zero-order chi connectivity index (χ0) is 14.1. The largest absolute Gasteiger partial charge is 0.399 e. The van der Waals surface area contributed by atoms with Gasteiger partial charge < -0.3 is 10.6 Å². The minimum absolute atomic E-state index is 0.169. The maximum atomic E-state index is 12.2. The highest BCUT2D eigenvalue weighted by atomic mass is 79.9. The molecule has 0 spiro atoms. The van der Waals surface area contributed by atoms with Crippen LogP contribution in [0.4, 0.5) is 11.4 Å². The van der Waals surface area contributed by atoms with Crippen LogP contribution >= 0.6 is 15.9 Å². The van der Waals surface area contributed by atoms with Crippen molar-refractivity contribution in [3.63, 3.8) is 0 Å². The highest BCUT2D eigenvalue weighted by molar-refractivity contribution is 9.10. The molecule has 1 aliphatic heterocycles. The van der Waals surface area contributed by atoms with E-state index in [0.717, 1.165) is 22.1 Å². The second-order valence-corrected chi connectivity index (χ2v) is 5.92. The lowest BCUT2D eigenvalue weighted by molar-refractivity contribution is -0.119. The summed E-state index contributed by atoms with van der Waals surface area (Å²) in [6.07, 6.45) is 1.40. The van der Waals surface area contributed by atoms with Gasteiger partial charge in [0.15, 0.2) is 0 Å². The Hall–Kier alpha value is -1.81. The van der Waals surface area contributed by atoms with Crippen LogP contribution in [0.1, 0.15) is 17.5 Å². The number of fused-ring (bicyclic) bond motifs is 1. The van der Waals surface area contributed by atoms with Gasteiger partial charge in [-0.05, 0) is 41.8 Å². The number of carbonyl (C=O) groups is 1. The van der Waals surface area contributed by atoms with Crippen LogP contribution in [0.5, 0.6) is 0 Å². The number of halogens is 1. The average molecular weight is 331 g/mol. The highest BCUT2D eigenvalue weighted by Gasteiger charge is 2.23. The molecule has 0 unspecified atom stereocenters. The number of hydrogen-bond acceptors (Lipinski definition) is 2. The Labute approximate surface area is 126 Å². The van der Waals surface area contributed by atoms with Crippen molar-refractivity contribution < 1.29 is 4.79 Å². The van der Waals surface area contributed by atoms with Crippen molar-refractivity contribution in [2.24, 2.45) is 0 Å². The molecule has 3 nitrogen and oxygen atoms in total. The first kappa shape index (κ1) is 13.2. The lowest BCUT2D eigenvalue weighted by atomic mass is 10.0. The summed E-state index contributed by atoms with van der Waals surface area (Å²) in [6, 6.07) is 13.9. The monoisotopic (exact) mass is 330 g/mol. The summed E-state index contributed by atoms with van der Waals surface area (Å²) >= 11 is 3.44. The van der Waals surface area contributed by atoms with E-state index in [-0.39, 0.29) is 5.91 Å². The number of nitrogens with two attached hydrogens (primary N) is 1. The number of rotatable bonds is 2. The third kappa shape index (κ3) is 2.56. The fraction of sp³-hybridized carbons (Fsp3) is 0.188. The molecule has 0 bridgehead atoms. The van der Waals surface area contributed by atoms with Gasteiger partial charge in [0.25, 0.3) is 0 Å². The van der Waals surface area contributed by atoms with Crippen molar-refractivity contribution in [3.05, 3.63) is 58.1 Å². The third-order valence-corrected chi connectivity index (χ3v) is 3.97. The lowest BCUT2D eigenvalue weighted by Gasteiger charge is -2.29. The zero-order valence-corrected chi connectivity index (χ0v) is 12.6. The number of aryl methyl sites for hydroxylation is 1. The molecule has 1 amide bonds. The van der Waals surface area contributed by atoms with Gasteiger partial charge in [-0.2, -0.15) is 0 Å². The first-order chi connectivity index (χ1) is 9.63. The fourth-order valence-electron chi connectivity index (χ4n) is 2.62. The summed E-state index contributed by atoms with van der Waals surface area (Å²) in [5, 5.41) is 0. The van der Waals surface area contributed by atoms with Crippen LogP contribution in [0.2, 0.25) is 0 Å². The van der Waals surface area contributed by atoms with E-state index in [9.17, 15) is 4.79 Å². The topological polar surface area (TPSA) is 46.3 Å². The number of amides is 1. The van der Waals surface area contributed by atoms with E-state index >= 15 is 0 Å². The van der Waals surface area contributed by atoms with Crippen LogP contribution in [0.25, 0.3) is 0 Å². The standard InChI is InChI=1S/C16H15BrN2O/c17-13-7-11(8-14(18)9-13)10-19-15-4-2-1-3-12(15)5-6-16(19)20/h1-4,7-9H,5-6,10,18H2. The van der Waals surface area contributed by atoms with E-state index in [0.29, 0.717) is 18.7 Å². The second-order valence-electron chi connectivity index (χ2n) is 5.00. The number of carbonyl (C=O) groups excluding carboxylic acids is 1. The molecule has 2 aromatic rings. The predicted molar refractivity (Wildman–Crippen MR) is 84.5 cm³/mol. The molecule has 0 aromatic heterocycles. The zero-order valence-electron chi connectivity index (χ0n) is 11.0. The molecule has 0 saturated carbocycles. The van der Waals surface area contributed by atoms with E-state index in [1.54, 1.807) is 0 Å². The van der Waals surface area contributed by atoms with Crippen LogP contribution in [0.15, 0.2) is 46.9 Å². The number of benzene rings is 2. The Balaban J connectivity index is 1.95. The van der Waals surface area contributed by atoms with Crippen molar-refractivity contribution >= 4 is 33.2 Å². The summed E-state index contributed by atoms with van der Waals surface area (Å²) in [4.78, 5) is 14.1. The van der Waals surface area contributed by atoms with Crippen molar-refractivity contribution in [3.8, 4) is 0 Å². The van der Waals surface area contributed by atoms with Gasteiger partial charge in [0, 0.05) is 22.3 Å². The predicted octanol–water partition coefficient (Wildman–Crippen LogP) is 3.51. The van der Waals surface area contributed by atoms with Crippen molar-refractivity contribution in [2.75, 3.05) is 10.6 Å². The molecule has 1 aliphatic rings. The fourth-order valence-corrected chi connectivity index (χ4v) is 3.18. The minimum atomic E-state index is 0.169. The minimum Gasteiger partial charge on any atom is -0.399 e. The van der Waals surface area contributed by atoms with E-state index in [1.165, 1.54) is 5.56 Å². The number of para-hydroxylation sites is 1. The highest BCUT2D eigenvalue weighted by Crippen LogP contribution is 2.29. The molecule has 0 fully saturated rings. The van der Waals surface area contributed by atoms with Crippen molar-refractivity contribution in [2.45, 2.75) is 19.4 Å². The van der Waals surface area contributed by atoms with E-state index in [1.807, 2.05) is 41.3 Å². The van der Waals surface area contributed by atoms with Gasteiger partial charge in [-0.25, -0.2) is 0 Å². The molecule has 0 atom stereocenters. The molecule has 4 heteroatoms. The molecule has 0 aliphatic carbocycles. The molecule has 3 rings (SSSR count). The maximum Gasteiger partial charge on any atom is 0.227 e. The van der Waals surface area contributed by atoms with Gasteiger partial charge in [-0.1, -0.05) is 34.1 Å². The Bertz CT molecular complexity index is 649. The summed E-state index contributed by atoms with van der Waals surface area (Å²) in [5.41, 5.74) is 9.84. The number of nitrogens with zero attached hydrogens (tertiary/aromatic N) is 1. The Morgan fingerprint density at radius 3 is 2.75 bits per heavy atom. The van der Waals surface area contributed by atoms with Crippen LogP contribution in [0.3, 0.4) is 0 Å². The summed E-state index contributed by atoms with van der Waals surface area (Å²) in [5.74, 6) is 0.169. The van der Waals surface area contributed by atoms with Gasteiger partial charge in [-0.3, -0.25) is 4.79 Å². The number of nitrogen functional groups attached to an aromatic ring is 1. The Morgan fingerprint density at radius 1 is 1.15 bits per heavy atom. The molecule has 0 radical (unpaired) electrons. The molecule has 20 heavy (non-hydrogen) atoms. The molecular formula is C16H15BrN2O. The van der Waals surface area contributed by atoms with Crippen LogP contribution in [-0.2, 0) is 17.8 Å². The Morgan fingerprint density at radius 2 is 1.95 bits per heavy atom. The molecule has 1 heterocycles. The van der Waals surface area contributed by atoms with Crippen LogP contribution < -0.4 is 10.6 Å². The third-order valence-electron chi connectivity index (χ3n) is 3.51. The first-order valence-electron chi connectivity index (χ1n) is 6.57. The van der Waals surface area contributed by atoms with Crippen LogP contribution in [0, 0.1) is 0 Å². The van der Waals surface area contributed by atoms with Crippen molar-refractivity contribution in [1.82, 2.24) is 0 Å². The molecule has 2 aromatic carbocycles. The van der Waals surface area contributed by atoms with E-state index in [4.69, 9.17) is 5.73 Å².